The zero-order chi connectivity index (χ0) is 24.9. The number of carbonyl (C=O) groups excluding carboxylic acids is 1. The van der Waals surface area contributed by atoms with Gasteiger partial charge in [0.15, 0.2) is 17.2 Å². The van der Waals surface area contributed by atoms with E-state index in [2.05, 4.69) is 10.3 Å². The van der Waals surface area contributed by atoms with Crippen molar-refractivity contribution in [3.05, 3.63) is 69.1 Å². The standard InChI is InChI=1S/C26H28ClN3O3S/c1-5-22(31)19-10-8-7-9-18(19)20-13-14-29-21(16-28)24(20)33-26(32,6-2)30-25(3,4)15-17-11-12-23(27)34-17/h7-14,30,32H,5-6,15H2,1-4H3. The van der Waals surface area contributed by atoms with Crippen LogP contribution in [0.1, 0.15) is 61.5 Å². The number of carbonyl (C=O) groups is 1. The second-order valence-electron chi connectivity index (χ2n) is 8.60. The highest BCUT2D eigenvalue weighted by molar-refractivity contribution is 7.16. The smallest absolute Gasteiger partial charge is 0.268 e. The molecule has 1 aromatic carbocycles. The van der Waals surface area contributed by atoms with Crippen LogP contribution in [0.4, 0.5) is 0 Å². The third-order valence-corrected chi connectivity index (χ3v) is 6.61. The number of nitriles is 1. The van der Waals surface area contributed by atoms with E-state index in [0.717, 1.165) is 4.88 Å². The van der Waals surface area contributed by atoms with Crippen LogP contribution >= 0.6 is 22.9 Å². The van der Waals surface area contributed by atoms with Crippen LogP contribution in [-0.4, -0.2) is 27.3 Å². The summed E-state index contributed by atoms with van der Waals surface area (Å²) in [5, 5.41) is 24.4. The number of halogens is 1. The maximum Gasteiger partial charge on any atom is 0.268 e. The lowest BCUT2D eigenvalue weighted by atomic mass is 9.95. The Bertz CT molecular complexity index is 1220. The number of rotatable bonds is 10. The molecule has 0 radical (unpaired) electrons. The second kappa shape index (κ2) is 10.7. The number of ketones is 1. The summed E-state index contributed by atoms with van der Waals surface area (Å²) >= 11 is 7.56. The molecule has 6 nitrogen and oxygen atoms in total. The molecular formula is C26H28ClN3O3S. The molecule has 1 unspecified atom stereocenters. The first-order valence-electron chi connectivity index (χ1n) is 11.1. The van der Waals surface area contributed by atoms with Crippen LogP contribution in [0.5, 0.6) is 5.75 Å². The van der Waals surface area contributed by atoms with E-state index in [1.54, 1.807) is 38.1 Å². The maximum atomic E-state index is 12.6. The van der Waals surface area contributed by atoms with E-state index in [1.807, 2.05) is 38.1 Å². The molecule has 3 rings (SSSR count). The molecule has 178 valence electrons. The number of hydrogen-bond donors (Lipinski definition) is 2. The number of Topliss-reactive ketones (excluding diaryl/α,β-unsaturated/α-hetero) is 1. The minimum Gasteiger partial charge on any atom is -0.445 e. The van der Waals surface area contributed by atoms with E-state index in [-0.39, 0.29) is 23.6 Å². The van der Waals surface area contributed by atoms with Gasteiger partial charge >= 0.3 is 0 Å². The van der Waals surface area contributed by atoms with Crippen molar-refractivity contribution in [2.45, 2.75) is 58.4 Å². The zero-order valence-corrected chi connectivity index (χ0v) is 21.3. The first-order chi connectivity index (χ1) is 16.1. The van der Waals surface area contributed by atoms with Gasteiger partial charge in [-0.2, -0.15) is 5.26 Å². The van der Waals surface area contributed by atoms with Crippen LogP contribution in [0, 0.1) is 11.3 Å². The van der Waals surface area contributed by atoms with E-state index in [9.17, 15) is 15.2 Å². The molecule has 0 saturated heterocycles. The van der Waals surface area contributed by atoms with E-state index in [1.165, 1.54) is 17.5 Å². The van der Waals surface area contributed by atoms with Gasteiger partial charge in [0, 0.05) is 40.6 Å². The normalized spacial score (nSPS) is 13.2. The van der Waals surface area contributed by atoms with Crippen LogP contribution in [0.25, 0.3) is 11.1 Å². The number of benzene rings is 1. The average molecular weight is 498 g/mol. The minimum absolute atomic E-state index is 0.0211. The van der Waals surface area contributed by atoms with Crippen LogP contribution in [0.2, 0.25) is 4.34 Å². The number of nitrogens with one attached hydrogen (secondary N) is 1. The van der Waals surface area contributed by atoms with Crippen LogP contribution in [0.3, 0.4) is 0 Å². The second-order valence-corrected chi connectivity index (χ2v) is 10.4. The van der Waals surface area contributed by atoms with Crippen molar-refractivity contribution in [1.82, 2.24) is 10.3 Å². The summed E-state index contributed by atoms with van der Waals surface area (Å²) in [4.78, 5) is 17.8. The molecule has 3 aromatic rings. The topological polar surface area (TPSA) is 95.2 Å². The number of ether oxygens (including phenoxy) is 1. The molecule has 0 aliphatic carbocycles. The van der Waals surface area contributed by atoms with Crippen molar-refractivity contribution in [2.75, 3.05) is 0 Å². The monoisotopic (exact) mass is 497 g/mol. The van der Waals surface area contributed by atoms with Crippen LogP contribution in [0.15, 0.2) is 48.7 Å². The van der Waals surface area contributed by atoms with Gasteiger partial charge in [-0.3, -0.25) is 10.1 Å². The largest absolute Gasteiger partial charge is 0.445 e. The van der Waals surface area contributed by atoms with Gasteiger partial charge < -0.3 is 9.84 Å². The molecule has 1 atom stereocenters. The maximum absolute atomic E-state index is 12.6. The van der Waals surface area contributed by atoms with E-state index in [0.29, 0.717) is 33.9 Å². The van der Waals surface area contributed by atoms with Gasteiger partial charge in [-0.1, -0.05) is 49.7 Å². The van der Waals surface area contributed by atoms with Gasteiger partial charge in [-0.05, 0) is 44.0 Å². The van der Waals surface area contributed by atoms with Crippen molar-refractivity contribution in [1.29, 1.82) is 5.26 Å². The first-order valence-corrected chi connectivity index (χ1v) is 12.3. The lowest BCUT2D eigenvalue weighted by Crippen LogP contribution is -2.59. The molecule has 0 aliphatic rings. The molecular weight excluding hydrogens is 470 g/mol. The van der Waals surface area contributed by atoms with Crippen LogP contribution < -0.4 is 10.1 Å². The summed E-state index contributed by atoms with van der Waals surface area (Å²) in [7, 11) is 0. The summed E-state index contributed by atoms with van der Waals surface area (Å²) < 4.78 is 6.83. The van der Waals surface area contributed by atoms with Crippen molar-refractivity contribution in [3.8, 4) is 22.9 Å². The van der Waals surface area contributed by atoms with Crippen LogP contribution in [-0.2, 0) is 6.42 Å². The van der Waals surface area contributed by atoms with Crippen molar-refractivity contribution in [3.63, 3.8) is 0 Å². The molecule has 2 N–H and O–H groups in total. The molecule has 0 fully saturated rings. The highest BCUT2D eigenvalue weighted by Crippen LogP contribution is 2.37. The van der Waals surface area contributed by atoms with Gasteiger partial charge in [0.2, 0.25) is 0 Å². The number of thiophene rings is 1. The van der Waals surface area contributed by atoms with Gasteiger partial charge in [0.05, 0.1) is 4.34 Å². The Labute approximate surface area is 209 Å². The highest BCUT2D eigenvalue weighted by atomic mass is 35.5. The highest BCUT2D eigenvalue weighted by Gasteiger charge is 2.36. The molecule has 2 heterocycles. The fraction of sp³-hybridized carbons (Fsp3) is 0.346. The molecule has 0 bridgehead atoms. The average Bonchev–Trinajstić information content (AvgIpc) is 3.21. The fourth-order valence-corrected chi connectivity index (χ4v) is 5.12. The van der Waals surface area contributed by atoms with E-state index < -0.39 is 11.4 Å². The third-order valence-electron chi connectivity index (χ3n) is 5.38. The molecule has 34 heavy (non-hydrogen) atoms. The summed E-state index contributed by atoms with van der Waals surface area (Å²) in [5.41, 5.74) is 1.11. The molecule has 0 spiro atoms. The SMILES string of the molecule is CCC(=O)c1ccccc1-c1ccnc(C#N)c1OC(O)(CC)NC(C)(C)Cc1ccc(Cl)s1. The third kappa shape index (κ3) is 6.02. The Morgan fingerprint density at radius 3 is 2.56 bits per heavy atom. The van der Waals surface area contributed by atoms with Crippen molar-refractivity contribution in [2.24, 2.45) is 0 Å². The summed E-state index contributed by atoms with van der Waals surface area (Å²) in [6, 6.07) is 14.7. The molecule has 0 amide bonds. The Morgan fingerprint density at radius 2 is 1.94 bits per heavy atom. The predicted molar refractivity (Wildman–Crippen MR) is 135 cm³/mol. The molecule has 8 heteroatoms. The molecule has 2 aromatic heterocycles. The number of aliphatic hydroxyl groups is 1. The minimum atomic E-state index is -1.79. The Kier molecular flexibility index (Phi) is 8.11. The van der Waals surface area contributed by atoms with E-state index >= 15 is 0 Å². The Balaban J connectivity index is 2.01. The molecule has 0 aliphatic heterocycles. The van der Waals surface area contributed by atoms with Gasteiger partial charge in [-0.25, -0.2) is 4.98 Å². The van der Waals surface area contributed by atoms with Gasteiger partial charge in [0.25, 0.3) is 5.91 Å². The van der Waals surface area contributed by atoms with Gasteiger partial charge in [-0.15, -0.1) is 11.3 Å². The number of pyridine rings is 1. The number of hydrogen-bond acceptors (Lipinski definition) is 7. The lowest BCUT2D eigenvalue weighted by Gasteiger charge is -2.38. The lowest BCUT2D eigenvalue weighted by molar-refractivity contribution is -0.178. The zero-order valence-electron chi connectivity index (χ0n) is 19.7. The number of nitrogens with zero attached hydrogens (tertiary/aromatic N) is 2. The van der Waals surface area contributed by atoms with Crippen molar-refractivity contribution < 1.29 is 14.6 Å². The summed E-state index contributed by atoms with van der Waals surface area (Å²) in [6.07, 6.45) is 2.63. The van der Waals surface area contributed by atoms with Gasteiger partial charge in [0.1, 0.15) is 6.07 Å². The number of aromatic nitrogens is 1. The first kappa shape index (κ1) is 25.9. The Hall–Kier alpha value is -2.76. The van der Waals surface area contributed by atoms with Crippen molar-refractivity contribution >= 4 is 28.7 Å². The predicted octanol–water partition coefficient (Wildman–Crippen LogP) is 5.97. The fourth-order valence-electron chi connectivity index (χ4n) is 3.81. The summed E-state index contributed by atoms with van der Waals surface area (Å²) in [6.45, 7) is 7.48. The quantitative estimate of drug-likeness (QED) is 0.264. The summed E-state index contributed by atoms with van der Waals surface area (Å²) in [5.74, 6) is -1.71. The Morgan fingerprint density at radius 1 is 1.21 bits per heavy atom. The van der Waals surface area contributed by atoms with E-state index in [4.69, 9.17) is 16.3 Å². The molecule has 0 saturated carbocycles.